The van der Waals surface area contributed by atoms with Crippen molar-refractivity contribution in [3.05, 3.63) is 26.3 Å². The zero-order valence-corrected chi connectivity index (χ0v) is 9.92. The SMILES string of the molecule is O=c1[nH]c(=S)c(Cl)cn1[C@H]1CC[C@@H](CO)O1. The number of hydrogen-bond donors (Lipinski definition) is 2. The van der Waals surface area contributed by atoms with Crippen molar-refractivity contribution in [1.82, 2.24) is 9.55 Å². The summed E-state index contributed by atoms with van der Waals surface area (Å²) in [7, 11) is 0. The number of rotatable bonds is 2. The summed E-state index contributed by atoms with van der Waals surface area (Å²) in [6.45, 7) is -0.0399. The molecule has 2 N–H and O–H groups in total. The van der Waals surface area contributed by atoms with E-state index in [0.29, 0.717) is 11.4 Å². The van der Waals surface area contributed by atoms with Crippen LogP contribution in [-0.2, 0) is 4.74 Å². The predicted octanol–water partition coefficient (Wildman–Crippen LogP) is 1.23. The van der Waals surface area contributed by atoms with Crippen LogP contribution in [0.5, 0.6) is 0 Å². The number of aromatic nitrogens is 2. The molecule has 0 aromatic carbocycles. The first kappa shape index (κ1) is 11.8. The quantitative estimate of drug-likeness (QED) is 0.787. The number of nitrogens with one attached hydrogen (secondary N) is 1. The van der Waals surface area contributed by atoms with E-state index in [1.807, 2.05) is 0 Å². The highest BCUT2D eigenvalue weighted by atomic mass is 35.5. The van der Waals surface area contributed by atoms with Gasteiger partial charge >= 0.3 is 5.69 Å². The van der Waals surface area contributed by atoms with Gasteiger partial charge in [0.1, 0.15) is 10.9 Å². The van der Waals surface area contributed by atoms with Crippen molar-refractivity contribution < 1.29 is 9.84 Å². The molecule has 2 heterocycles. The number of H-pyrrole nitrogens is 1. The van der Waals surface area contributed by atoms with Crippen molar-refractivity contribution in [2.45, 2.75) is 25.2 Å². The van der Waals surface area contributed by atoms with Gasteiger partial charge in [0.15, 0.2) is 0 Å². The fraction of sp³-hybridized carbons (Fsp3) is 0.556. The molecule has 7 heteroatoms. The highest BCUT2D eigenvalue weighted by Gasteiger charge is 2.26. The van der Waals surface area contributed by atoms with Crippen molar-refractivity contribution in [3.63, 3.8) is 0 Å². The van der Waals surface area contributed by atoms with Gasteiger partial charge in [-0.1, -0.05) is 23.8 Å². The Labute approximate surface area is 102 Å². The molecule has 1 fully saturated rings. The van der Waals surface area contributed by atoms with E-state index in [-0.39, 0.29) is 29.3 Å². The van der Waals surface area contributed by atoms with Crippen LogP contribution in [0.4, 0.5) is 0 Å². The third kappa shape index (κ3) is 2.20. The molecule has 2 atom stereocenters. The second-order valence-electron chi connectivity index (χ2n) is 3.62. The number of hydrogen-bond acceptors (Lipinski definition) is 4. The summed E-state index contributed by atoms with van der Waals surface area (Å²) in [5, 5.41) is 9.25. The summed E-state index contributed by atoms with van der Waals surface area (Å²) in [6.07, 6.45) is 2.27. The molecule has 0 saturated carbocycles. The molecule has 16 heavy (non-hydrogen) atoms. The summed E-state index contributed by atoms with van der Waals surface area (Å²) in [6, 6.07) is 0. The van der Waals surface area contributed by atoms with Gasteiger partial charge in [-0.3, -0.25) is 9.55 Å². The fourth-order valence-corrected chi connectivity index (χ4v) is 1.99. The van der Waals surface area contributed by atoms with Gasteiger partial charge in [0, 0.05) is 6.20 Å². The molecule has 1 aliphatic heterocycles. The van der Waals surface area contributed by atoms with E-state index in [4.69, 9.17) is 33.7 Å². The number of aromatic amines is 1. The van der Waals surface area contributed by atoms with Crippen LogP contribution in [0.25, 0.3) is 0 Å². The van der Waals surface area contributed by atoms with Crippen LogP contribution < -0.4 is 5.69 Å². The number of aliphatic hydroxyl groups is 1. The number of aliphatic hydroxyl groups excluding tert-OH is 1. The van der Waals surface area contributed by atoms with Crippen LogP contribution in [-0.4, -0.2) is 27.4 Å². The van der Waals surface area contributed by atoms with E-state index >= 15 is 0 Å². The minimum Gasteiger partial charge on any atom is -0.394 e. The molecular formula is C9H11ClN2O3S. The van der Waals surface area contributed by atoms with Crippen LogP contribution in [0.3, 0.4) is 0 Å². The van der Waals surface area contributed by atoms with E-state index in [2.05, 4.69) is 4.98 Å². The molecule has 1 saturated heterocycles. The molecule has 1 aliphatic rings. The van der Waals surface area contributed by atoms with Crippen LogP contribution in [0.2, 0.25) is 5.02 Å². The summed E-state index contributed by atoms with van der Waals surface area (Å²) in [5.74, 6) is 0. The number of halogens is 1. The largest absolute Gasteiger partial charge is 0.394 e. The van der Waals surface area contributed by atoms with Crippen molar-refractivity contribution in [3.8, 4) is 0 Å². The van der Waals surface area contributed by atoms with Gasteiger partial charge < -0.3 is 9.84 Å². The monoisotopic (exact) mass is 262 g/mol. The van der Waals surface area contributed by atoms with Crippen LogP contribution >= 0.6 is 23.8 Å². The minimum absolute atomic E-state index is 0.0399. The maximum absolute atomic E-state index is 11.6. The van der Waals surface area contributed by atoms with Gasteiger partial charge in [-0.05, 0) is 12.8 Å². The Bertz CT molecular complexity index is 498. The summed E-state index contributed by atoms with van der Waals surface area (Å²) >= 11 is 10.7. The maximum atomic E-state index is 11.6. The van der Waals surface area contributed by atoms with E-state index in [0.717, 1.165) is 6.42 Å². The lowest BCUT2D eigenvalue weighted by Crippen LogP contribution is -2.27. The lowest BCUT2D eigenvalue weighted by molar-refractivity contribution is -0.0246. The highest BCUT2D eigenvalue weighted by molar-refractivity contribution is 7.71. The first-order valence-electron chi connectivity index (χ1n) is 4.89. The average molecular weight is 263 g/mol. The molecule has 0 radical (unpaired) electrons. The van der Waals surface area contributed by atoms with Crippen molar-refractivity contribution in [2.75, 3.05) is 6.61 Å². The van der Waals surface area contributed by atoms with E-state index in [1.165, 1.54) is 10.8 Å². The Morgan fingerprint density at radius 1 is 1.69 bits per heavy atom. The van der Waals surface area contributed by atoms with Crippen molar-refractivity contribution >= 4 is 23.8 Å². The molecule has 0 aliphatic carbocycles. The topological polar surface area (TPSA) is 67.2 Å². The lowest BCUT2D eigenvalue weighted by atomic mass is 10.2. The Morgan fingerprint density at radius 3 is 3.06 bits per heavy atom. The Hall–Kier alpha value is -0.690. The van der Waals surface area contributed by atoms with E-state index < -0.39 is 0 Å². The molecule has 1 aromatic rings. The molecule has 2 rings (SSSR count). The second kappa shape index (κ2) is 4.67. The van der Waals surface area contributed by atoms with Gasteiger partial charge in [-0.15, -0.1) is 0 Å². The predicted molar refractivity (Wildman–Crippen MR) is 61.1 cm³/mol. The third-order valence-electron chi connectivity index (χ3n) is 2.52. The maximum Gasteiger partial charge on any atom is 0.328 e. The fourth-order valence-electron chi connectivity index (χ4n) is 1.70. The Kier molecular flexibility index (Phi) is 3.44. The summed E-state index contributed by atoms with van der Waals surface area (Å²) in [5.41, 5.74) is -0.349. The zero-order valence-electron chi connectivity index (χ0n) is 8.35. The molecular weight excluding hydrogens is 252 g/mol. The van der Waals surface area contributed by atoms with Crippen LogP contribution in [0.15, 0.2) is 11.0 Å². The molecule has 88 valence electrons. The number of ether oxygens (including phenoxy) is 1. The van der Waals surface area contributed by atoms with Gasteiger partial charge in [0.25, 0.3) is 0 Å². The second-order valence-corrected chi connectivity index (χ2v) is 4.43. The highest BCUT2D eigenvalue weighted by Crippen LogP contribution is 2.27. The molecule has 0 spiro atoms. The zero-order chi connectivity index (χ0) is 11.7. The lowest BCUT2D eigenvalue weighted by Gasteiger charge is -2.14. The Morgan fingerprint density at radius 2 is 2.44 bits per heavy atom. The standard InChI is InChI=1S/C9H11ClN2O3S/c10-6-3-12(9(14)11-8(6)16)7-2-1-5(4-13)15-7/h3,5,7,13H,1-2,4H2,(H,11,14,16)/t5-,7+/m0/s1. The molecule has 1 aromatic heterocycles. The van der Waals surface area contributed by atoms with Gasteiger partial charge in [0.2, 0.25) is 0 Å². The van der Waals surface area contributed by atoms with Crippen molar-refractivity contribution in [1.29, 1.82) is 0 Å². The molecule has 0 bridgehead atoms. The van der Waals surface area contributed by atoms with E-state index in [1.54, 1.807) is 0 Å². The van der Waals surface area contributed by atoms with Gasteiger partial charge in [0.05, 0.1) is 17.7 Å². The van der Waals surface area contributed by atoms with Crippen molar-refractivity contribution in [2.24, 2.45) is 0 Å². The molecule has 5 nitrogen and oxygen atoms in total. The Balaban J connectivity index is 2.32. The minimum atomic E-state index is -0.381. The third-order valence-corrected chi connectivity index (χ3v) is 3.24. The van der Waals surface area contributed by atoms with Crippen LogP contribution in [0, 0.1) is 4.64 Å². The average Bonchev–Trinajstić information content (AvgIpc) is 2.71. The molecule has 0 amide bonds. The van der Waals surface area contributed by atoms with Gasteiger partial charge in [-0.2, -0.15) is 0 Å². The first-order chi connectivity index (χ1) is 7.61. The van der Waals surface area contributed by atoms with Gasteiger partial charge in [-0.25, -0.2) is 4.79 Å². The normalized spacial score (nSPS) is 24.9. The summed E-state index contributed by atoms with van der Waals surface area (Å²) in [4.78, 5) is 14.1. The first-order valence-corrected chi connectivity index (χ1v) is 5.67. The number of nitrogens with zero attached hydrogens (tertiary/aromatic N) is 1. The summed E-state index contributed by atoms with van der Waals surface area (Å²) < 4.78 is 7.06. The van der Waals surface area contributed by atoms with Crippen LogP contribution in [0.1, 0.15) is 19.1 Å². The van der Waals surface area contributed by atoms with E-state index in [9.17, 15) is 4.79 Å². The smallest absolute Gasteiger partial charge is 0.328 e. The molecule has 0 unspecified atom stereocenters.